The fourth-order valence-electron chi connectivity index (χ4n) is 3.33. The zero-order valence-electron chi connectivity index (χ0n) is 12.4. The summed E-state index contributed by atoms with van der Waals surface area (Å²) in [6.45, 7) is 6.27. The SMILES string of the molecule is CCOC1CC(NCC(c2ccco2)N2CCCC2)C1. The molecule has 1 saturated heterocycles. The number of nitrogens with zero attached hydrogens (tertiary/aromatic N) is 1. The Morgan fingerprint density at radius 3 is 2.85 bits per heavy atom. The Kier molecular flexibility index (Phi) is 4.76. The van der Waals surface area contributed by atoms with Crippen molar-refractivity contribution in [3.8, 4) is 0 Å². The zero-order valence-corrected chi connectivity index (χ0v) is 12.4. The van der Waals surface area contributed by atoms with Crippen LogP contribution in [0, 0.1) is 0 Å². The molecule has 112 valence electrons. The molecule has 1 N–H and O–H groups in total. The molecule has 3 rings (SSSR count). The van der Waals surface area contributed by atoms with Crippen molar-refractivity contribution in [2.24, 2.45) is 0 Å². The second-order valence-corrected chi connectivity index (χ2v) is 5.93. The predicted octanol–water partition coefficient (Wildman–Crippen LogP) is 2.57. The van der Waals surface area contributed by atoms with Crippen LogP contribution in [0.2, 0.25) is 0 Å². The van der Waals surface area contributed by atoms with Gasteiger partial charge in [-0.3, -0.25) is 4.90 Å². The van der Waals surface area contributed by atoms with Crippen LogP contribution in [0.4, 0.5) is 0 Å². The lowest BCUT2D eigenvalue weighted by Crippen LogP contribution is -2.48. The third-order valence-corrected chi connectivity index (χ3v) is 4.55. The molecule has 4 nitrogen and oxygen atoms in total. The van der Waals surface area contributed by atoms with Gasteiger partial charge in [0.15, 0.2) is 0 Å². The maximum atomic E-state index is 5.65. The van der Waals surface area contributed by atoms with Gasteiger partial charge in [0.2, 0.25) is 0 Å². The van der Waals surface area contributed by atoms with Crippen LogP contribution in [0.3, 0.4) is 0 Å². The topological polar surface area (TPSA) is 37.6 Å². The van der Waals surface area contributed by atoms with Gasteiger partial charge >= 0.3 is 0 Å². The van der Waals surface area contributed by atoms with E-state index in [1.807, 2.05) is 6.07 Å². The standard InChI is InChI=1S/C16H26N2O2/c1-2-19-14-10-13(11-14)17-12-15(16-6-5-9-20-16)18-7-3-4-8-18/h5-6,9,13-15,17H,2-4,7-8,10-12H2,1H3. The van der Waals surface area contributed by atoms with E-state index < -0.39 is 0 Å². The van der Waals surface area contributed by atoms with Gasteiger partial charge in [0.05, 0.1) is 18.4 Å². The van der Waals surface area contributed by atoms with Gasteiger partial charge in [-0.1, -0.05) is 0 Å². The Balaban J connectivity index is 1.50. The molecule has 1 saturated carbocycles. The van der Waals surface area contributed by atoms with Crippen molar-refractivity contribution in [1.29, 1.82) is 0 Å². The summed E-state index contributed by atoms with van der Waals surface area (Å²) >= 11 is 0. The highest BCUT2D eigenvalue weighted by atomic mass is 16.5. The molecule has 4 heteroatoms. The minimum Gasteiger partial charge on any atom is -0.468 e. The molecular formula is C16H26N2O2. The number of nitrogens with one attached hydrogen (secondary N) is 1. The first-order valence-corrected chi connectivity index (χ1v) is 7.99. The first-order valence-electron chi connectivity index (χ1n) is 7.99. The first-order chi connectivity index (χ1) is 9.86. The third kappa shape index (κ3) is 3.25. The quantitative estimate of drug-likeness (QED) is 0.832. The van der Waals surface area contributed by atoms with E-state index in [-0.39, 0.29) is 0 Å². The van der Waals surface area contributed by atoms with Gasteiger partial charge in [0.25, 0.3) is 0 Å². The van der Waals surface area contributed by atoms with E-state index in [1.165, 1.54) is 25.9 Å². The summed E-state index contributed by atoms with van der Waals surface area (Å²) in [6, 6.07) is 5.10. The average molecular weight is 278 g/mol. The fourth-order valence-corrected chi connectivity index (χ4v) is 3.33. The Labute approximate surface area is 121 Å². The minimum atomic E-state index is 0.388. The molecule has 1 atom stereocenters. The Morgan fingerprint density at radius 2 is 2.20 bits per heavy atom. The summed E-state index contributed by atoms with van der Waals surface area (Å²) in [5, 5.41) is 3.69. The Morgan fingerprint density at radius 1 is 1.40 bits per heavy atom. The van der Waals surface area contributed by atoms with Crippen molar-refractivity contribution < 1.29 is 9.15 Å². The van der Waals surface area contributed by atoms with Crippen LogP contribution in [0.25, 0.3) is 0 Å². The predicted molar refractivity (Wildman–Crippen MR) is 78.7 cm³/mol. The Bertz CT molecular complexity index is 381. The summed E-state index contributed by atoms with van der Waals surface area (Å²) < 4.78 is 11.3. The first kappa shape index (κ1) is 14.1. The number of likely N-dealkylation sites (tertiary alicyclic amines) is 1. The van der Waals surface area contributed by atoms with Crippen molar-refractivity contribution in [1.82, 2.24) is 10.2 Å². The second kappa shape index (κ2) is 6.74. The summed E-state index contributed by atoms with van der Waals surface area (Å²) in [6.07, 6.45) is 7.19. The minimum absolute atomic E-state index is 0.388. The molecule has 0 spiro atoms. The van der Waals surface area contributed by atoms with Crippen LogP contribution >= 0.6 is 0 Å². The van der Waals surface area contributed by atoms with E-state index in [1.54, 1.807) is 6.26 Å². The lowest BCUT2D eigenvalue weighted by Gasteiger charge is -2.37. The average Bonchev–Trinajstić information content (AvgIpc) is 3.09. The largest absolute Gasteiger partial charge is 0.468 e. The molecule has 2 heterocycles. The molecule has 0 bridgehead atoms. The van der Waals surface area contributed by atoms with Gasteiger partial charge in [0, 0.05) is 19.2 Å². The molecule has 1 aromatic heterocycles. The van der Waals surface area contributed by atoms with Crippen molar-refractivity contribution in [3.05, 3.63) is 24.2 Å². The highest BCUT2D eigenvalue weighted by molar-refractivity contribution is 5.06. The monoisotopic (exact) mass is 278 g/mol. The number of hydrogen-bond donors (Lipinski definition) is 1. The lowest BCUT2D eigenvalue weighted by molar-refractivity contribution is -0.0114. The highest BCUT2D eigenvalue weighted by Crippen LogP contribution is 2.27. The molecular weight excluding hydrogens is 252 g/mol. The molecule has 0 amide bonds. The van der Waals surface area contributed by atoms with E-state index in [0.29, 0.717) is 18.2 Å². The van der Waals surface area contributed by atoms with Crippen molar-refractivity contribution in [3.63, 3.8) is 0 Å². The van der Waals surface area contributed by atoms with E-state index in [9.17, 15) is 0 Å². The molecule has 0 radical (unpaired) electrons. The molecule has 1 aromatic rings. The van der Waals surface area contributed by atoms with Gasteiger partial charge in [0.1, 0.15) is 5.76 Å². The maximum Gasteiger partial charge on any atom is 0.122 e. The maximum absolute atomic E-state index is 5.65. The van der Waals surface area contributed by atoms with Gasteiger partial charge in [-0.2, -0.15) is 0 Å². The number of hydrogen-bond acceptors (Lipinski definition) is 4. The van der Waals surface area contributed by atoms with E-state index >= 15 is 0 Å². The smallest absolute Gasteiger partial charge is 0.122 e. The molecule has 0 aromatic carbocycles. The molecule has 2 aliphatic rings. The summed E-state index contributed by atoms with van der Waals surface area (Å²) in [4.78, 5) is 2.55. The van der Waals surface area contributed by atoms with Crippen molar-refractivity contribution >= 4 is 0 Å². The van der Waals surface area contributed by atoms with E-state index in [0.717, 1.165) is 31.8 Å². The molecule has 1 unspecified atom stereocenters. The summed E-state index contributed by atoms with van der Waals surface area (Å²) in [5.74, 6) is 1.10. The zero-order chi connectivity index (χ0) is 13.8. The Hall–Kier alpha value is -0.840. The fraction of sp³-hybridized carbons (Fsp3) is 0.750. The van der Waals surface area contributed by atoms with Crippen LogP contribution < -0.4 is 5.32 Å². The molecule has 2 fully saturated rings. The van der Waals surface area contributed by atoms with Crippen molar-refractivity contribution in [2.75, 3.05) is 26.2 Å². The van der Waals surface area contributed by atoms with Crippen LogP contribution in [-0.2, 0) is 4.74 Å². The summed E-state index contributed by atoms with van der Waals surface area (Å²) in [7, 11) is 0. The van der Waals surface area contributed by atoms with E-state index in [4.69, 9.17) is 9.15 Å². The highest BCUT2D eigenvalue weighted by Gasteiger charge is 2.31. The van der Waals surface area contributed by atoms with Crippen LogP contribution in [-0.4, -0.2) is 43.3 Å². The third-order valence-electron chi connectivity index (χ3n) is 4.55. The van der Waals surface area contributed by atoms with Gasteiger partial charge < -0.3 is 14.5 Å². The molecule has 1 aliphatic heterocycles. The summed E-state index contributed by atoms with van der Waals surface area (Å²) in [5.41, 5.74) is 0. The van der Waals surface area contributed by atoms with Crippen LogP contribution in [0.5, 0.6) is 0 Å². The lowest BCUT2D eigenvalue weighted by atomic mass is 9.89. The second-order valence-electron chi connectivity index (χ2n) is 5.93. The van der Waals surface area contributed by atoms with Crippen LogP contribution in [0.15, 0.2) is 22.8 Å². The number of ether oxygens (including phenoxy) is 1. The molecule has 1 aliphatic carbocycles. The van der Waals surface area contributed by atoms with Crippen molar-refractivity contribution in [2.45, 2.75) is 50.8 Å². The molecule has 20 heavy (non-hydrogen) atoms. The van der Waals surface area contributed by atoms with Crippen LogP contribution in [0.1, 0.15) is 44.4 Å². The van der Waals surface area contributed by atoms with Gasteiger partial charge in [-0.05, 0) is 57.8 Å². The van der Waals surface area contributed by atoms with Gasteiger partial charge in [-0.15, -0.1) is 0 Å². The normalized spacial score (nSPS) is 28.4. The number of rotatable bonds is 7. The number of furan rings is 1. The van der Waals surface area contributed by atoms with E-state index in [2.05, 4.69) is 23.2 Å². The van der Waals surface area contributed by atoms with Gasteiger partial charge in [-0.25, -0.2) is 0 Å².